The van der Waals surface area contributed by atoms with Crippen LogP contribution < -0.4 is 0 Å². The second-order valence-electron chi connectivity index (χ2n) is 5.75. The van der Waals surface area contributed by atoms with Crippen molar-refractivity contribution in [3.8, 4) is 0 Å². The Kier molecular flexibility index (Phi) is 3.18. The number of likely N-dealkylation sites (N-methyl/N-ethyl adjacent to an activating group) is 1. The molecule has 0 aromatic heterocycles. The van der Waals surface area contributed by atoms with Crippen LogP contribution in [0.15, 0.2) is 0 Å². The fourth-order valence-corrected chi connectivity index (χ4v) is 2.07. The first-order valence-corrected chi connectivity index (χ1v) is 6.10. The smallest absolute Gasteiger partial charge is 0.224 e. The number of hydrogen-bond acceptors (Lipinski definition) is 4. The van der Waals surface area contributed by atoms with E-state index in [1.54, 1.807) is 11.9 Å². The number of ether oxygens (including phenoxy) is 1. The van der Waals surface area contributed by atoms with Gasteiger partial charge in [0.05, 0.1) is 12.2 Å². The van der Waals surface area contributed by atoms with Crippen LogP contribution in [-0.4, -0.2) is 41.9 Å². The van der Waals surface area contributed by atoms with Crippen molar-refractivity contribution in [2.45, 2.75) is 57.5 Å². The molecule has 98 valence electrons. The number of piperidine rings is 1. The molecule has 2 aliphatic rings. The van der Waals surface area contributed by atoms with Gasteiger partial charge < -0.3 is 9.64 Å². The van der Waals surface area contributed by atoms with E-state index in [0.29, 0.717) is 13.0 Å². The van der Waals surface area contributed by atoms with Gasteiger partial charge in [-0.3, -0.25) is 4.79 Å². The molecular formula is C12H21NO4. The van der Waals surface area contributed by atoms with E-state index in [9.17, 15) is 4.79 Å². The zero-order valence-corrected chi connectivity index (χ0v) is 11.0. The lowest BCUT2D eigenvalue weighted by atomic mass is 9.95. The van der Waals surface area contributed by atoms with E-state index < -0.39 is 11.3 Å². The van der Waals surface area contributed by atoms with Gasteiger partial charge in [0, 0.05) is 19.9 Å². The van der Waals surface area contributed by atoms with Crippen molar-refractivity contribution in [3.05, 3.63) is 0 Å². The van der Waals surface area contributed by atoms with Crippen molar-refractivity contribution < 1.29 is 19.3 Å². The Balaban J connectivity index is 2.11. The molecular weight excluding hydrogens is 222 g/mol. The van der Waals surface area contributed by atoms with Crippen LogP contribution in [-0.2, 0) is 19.3 Å². The lowest BCUT2D eigenvalue weighted by Crippen LogP contribution is -2.58. The third-order valence-corrected chi connectivity index (χ3v) is 3.14. The fraction of sp³-hybridized carbons (Fsp3) is 0.917. The molecule has 0 N–H and O–H groups in total. The maximum atomic E-state index is 11.8. The van der Waals surface area contributed by atoms with E-state index in [0.717, 1.165) is 12.8 Å². The Bertz CT molecular complexity index is 308. The second kappa shape index (κ2) is 4.23. The molecule has 0 aromatic rings. The summed E-state index contributed by atoms with van der Waals surface area (Å²) >= 11 is 0. The molecule has 0 bridgehead atoms. The summed E-state index contributed by atoms with van der Waals surface area (Å²) in [5.41, 5.74) is -1.13. The van der Waals surface area contributed by atoms with Crippen LogP contribution in [0, 0.1) is 0 Å². The van der Waals surface area contributed by atoms with Gasteiger partial charge in [-0.25, -0.2) is 9.78 Å². The van der Waals surface area contributed by atoms with Crippen molar-refractivity contribution in [2.75, 3.05) is 13.7 Å². The van der Waals surface area contributed by atoms with Crippen LogP contribution >= 0.6 is 0 Å². The molecule has 2 rings (SSSR count). The Morgan fingerprint density at radius 2 is 2.12 bits per heavy atom. The molecule has 0 unspecified atom stereocenters. The molecule has 0 aliphatic carbocycles. The lowest BCUT2D eigenvalue weighted by Gasteiger charge is -2.43. The first-order valence-electron chi connectivity index (χ1n) is 6.10. The molecule has 5 heteroatoms. The molecule has 2 aliphatic heterocycles. The first kappa shape index (κ1) is 12.8. The Hall–Kier alpha value is -0.650. The minimum atomic E-state index is -0.734. The van der Waals surface area contributed by atoms with Gasteiger partial charge in [-0.1, -0.05) is 0 Å². The van der Waals surface area contributed by atoms with Crippen LogP contribution in [0.25, 0.3) is 0 Å². The third kappa shape index (κ3) is 2.61. The van der Waals surface area contributed by atoms with E-state index in [4.69, 9.17) is 14.5 Å². The van der Waals surface area contributed by atoms with E-state index in [1.165, 1.54) is 0 Å². The number of nitrogens with zero attached hydrogens (tertiary/aromatic N) is 1. The zero-order chi connectivity index (χ0) is 12.7. The number of likely N-dealkylation sites (tertiary alicyclic amines) is 1. The minimum Gasteiger partial charge on any atom is -0.368 e. The lowest BCUT2D eigenvalue weighted by molar-refractivity contribution is -0.432. The Labute approximate surface area is 102 Å². The highest BCUT2D eigenvalue weighted by Crippen LogP contribution is 2.39. The van der Waals surface area contributed by atoms with E-state index in [1.807, 2.05) is 20.8 Å². The summed E-state index contributed by atoms with van der Waals surface area (Å²) in [6.07, 6.45) is 2.09. The number of epoxide rings is 1. The molecule has 2 atom stereocenters. The van der Waals surface area contributed by atoms with Gasteiger partial charge in [0.1, 0.15) is 6.10 Å². The van der Waals surface area contributed by atoms with E-state index >= 15 is 0 Å². The summed E-state index contributed by atoms with van der Waals surface area (Å²) in [5, 5.41) is 0. The molecule has 0 saturated carbocycles. The molecule has 17 heavy (non-hydrogen) atoms. The molecule has 2 heterocycles. The number of rotatable bonds is 3. The maximum Gasteiger partial charge on any atom is 0.224 e. The molecule has 0 radical (unpaired) electrons. The van der Waals surface area contributed by atoms with Gasteiger partial charge >= 0.3 is 0 Å². The van der Waals surface area contributed by atoms with E-state index in [-0.39, 0.29) is 12.0 Å². The van der Waals surface area contributed by atoms with Gasteiger partial charge in [0.15, 0.2) is 0 Å². The van der Waals surface area contributed by atoms with Crippen molar-refractivity contribution in [1.82, 2.24) is 4.90 Å². The molecule has 1 amide bonds. The van der Waals surface area contributed by atoms with Gasteiger partial charge in [-0.2, -0.15) is 0 Å². The van der Waals surface area contributed by atoms with Crippen LogP contribution in [0.5, 0.6) is 0 Å². The van der Waals surface area contributed by atoms with Gasteiger partial charge in [-0.05, 0) is 27.2 Å². The summed E-state index contributed by atoms with van der Waals surface area (Å²) in [7, 11) is 1.76. The van der Waals surface area contributed by atoms with Crippen LogP contribution in [0.2, 0.25) is 0 Å². The van der Waals surface area contributed by atoms with Crippen molar-refractivity contribution in [2.24, 2.45) is 0 Å². The summed E-state index contributed by atoms with van der Waals surface area (Å²) in [4.78, 5) is 24.5. The third-order valence-electron chi connectivity index (χ3n) is 3.14. The quantitative estimate of drug-likeness (QED) is 0.428. The monoisotopic (exact) mass is 243 g/mol. The highest BCUT2D eigenvalue weighted by molar-refractivity contribution is 5.77. The number of hydrogen-bond donors (Lipinski definition) is 0. The topological polar surface area (TPSA) is 51.3 Å². The molecule has 0 aromatic carbocycles. The fourth-order valence-electron chi connectivity index (χ4n) is 2.07. The molecule has 2 fully saturated rings. The average Bonchev–Trinajstić information content (AvgIpc) is 3.03. The standard InChI is InChI=1S/C12H21NO4/c1-11(2,3)16-17-12(9-8-15-9)7-5-6-10(14)13(12)4/h9H,5-8H2,1-4H3/t9-,12-/m0/s1. The summed E-state index contributed by atoms with van der Waals surface area (Å²) in [5.74, 6) is 0.0873. The molecule has 5 nitrogen and oxygen atoms in total. The van der Waals surface area contributed by atoms with Gasteiger partial charge in [0.2, 0.25) is 11.6 Å². The number of carbonyl (C=O) groups is 1. The summed E-state index contributed by atoms with van der Waals surface area (Å²) in [6.45, 7) is 6.38. The van der Waals surface area contributed by atoms with Crippen LogP contribution in [0.3, 0.4) is 0 Å². The number of carbonyl (C=O) groups excluding carboxylic acids is 1. The first-order chi connectivity index (χ1) is 7.85. The van der Waals surface area contributed by atoms with Crippen molar-refractivity contribution in [1.29, 1.82) is 0 Å². The minimum absolute atomic E-state index is 0.0564. The van der Waals surface area contributed by atoms with Crippen molar-refractivity contribution >= 4 is 5.91 Å². The van der Waals surface area contributed by atoms with Gasteiger partial charge in [0.25, 0.3) is 0 Å². The van der Waals surface area contributed by atoms with Gasteiger partial charge in [-0.15, -0.1) is 0 Å². The highest BCUT2D eigenvalue weighted by Gasteiger charge is 2.55. The predicted octanol–water partition coefficient (Wildman–Crippen LogP) is 1.47. The Morgan fingerprint density at radius 3 is 2.65 bits per heavy atom. The second-order valence-corrected chi connectivity index (χ2v) is 5.75. The SMILES string of the molecule is CN1C(=O)CCC[C@]1(OOC(C)(C)C)[C@@H]1CO1. The van der Waals surface area contributed by atoms with Crippen LogP contribution in [0.1, 0.15) is 40.0 Å². The largest absolute Gasteiger partial charge is 0.368 e. The number of amides is 1. The zero-order valence-electron chi connectivity index (χ0n) is 11.0. The van der Waals surface area contributed by atoms with Crippen molar-refractivity contribution in [3.63, 3.8) is 0 Å². The normalized spacial score (nSPS) is 34.0. The summed E-state index contributed by atoms with van der Waals surface area (Å²) in [6, 6.07) is 0. The molecule has 0 spiro atoms. The highest BCUT2D eigenvalue weighted by atomic mass is 17.2. The predicted molar refractivity (Wildman–Crippen MR) is 61.0 cm³/mol. The summed E-state index contributed by atoms with van der Waals surface area (Å²) < 4.78 is 5.34. The van der Waals surface area contributed by atoms with E-state index in [2.05, 4.69) is 0 Å². The Morgan fingerprint density at radius 1 is 1.47 bits per heavy atom. The maximum absolute atomic E-state index is 11.8. The average molecular weight is 243 g/mol. The van der Waals surface area contributed by atoms with Crippen LogP contribution in [0.4, 0.5) is 0 Å². The molecule has 2 saturated heterocycles.